The molecule has 0 fully saturated rings. The third kappa shape index (κ3) is 4.36. The highest BCUT2D eigenvalue weighted by atomic mass is 16.5. The maximum Gasteiger partial charge on any atom is 0.260 e. The minimum absolute atomic E-state index is 0.0465. The van der Waals surface area contributed by atoms with Crippen LogP contribution < -0.4 is 56.8 Å². The number of rotatable bonds is 2. The third-order valence-electron chi connectivity index (χ3n) is 14.5. The zero-order valence-corrected chi connectivity index (χ0v) is 33.9. The average Bonchev–Trinajstić information content (AvgIpc) is 3.68. The molecule has 0 aliphatic carbocycles. The van der Waals surface area contributed by atoms with Crippen molar-refractivity contribution in [1.82, 2.24) is 4.57 Å². The normalized spacial score (nSPS) is 15.6. The predicted octanol–water partition coefficient (Wildman–Crippen LogP) is 8.62. The highest BCUT2D eigenvalue weighted by Crippen LogP contribution is 2.47. The summed E-state index contributed by atoms with van der Waals surface area (Å²) in [6.07, 6.45) is 4.36. The Morgan fingerprint density at radius 1 is 0.435 bits per heavy atom. The fraction of sp³-hybridized carbons (Fsp3) is 0.111. The molecule has 7 heterocycles. The van der Waals surface area contributed by atoms with Gasteiger partial charge < -0.3 is 28.6 Å². The lowest BCUT2D eigenvalue weighted by Crippen LogP contribution is -2.62. The number of fused-ring (bicyclic) bond motifs is 14. The van der Waals surface area contributed by atoms with E-state index in [0.29, 0.717) is 0 Å². The van der Waals surface area contributed by atoms with Crippen LogP contribution in [-0.4, -0.2) is 31.1 Å². The first-order valence-electron chi connectivity index (χ1n) is 22.1. The number of anilines is 4. The number of aryl methyl sites for hydroxylation is 2. The van der Waals surface area contributed by atoms with Crippen LogP contribution in [0.15, 0.2) is 152 Å². The van der Waals surface area contributed by atoms with Gasteiger partial charge in [0.05, 0.1) is 11.0 Å². The number of nitrogens with zero attached hydrogens (tertiary/aromatic N) is 3. The Hall–Kier alpha value is -7.31. The standard InChI is InChI=1S/C54H37B2N3O3/c1-6-20-41-32(13-1)15-11-25-57(41)34-27-44-51-47(28-34)60-45-23-9-4-18-37(45)55(51)39-31-40-54(50-36-17-3-8-22-43(36)59(44)53(39)50)62-49-30-35(58-26-12-16-33-14-2-7-21-42(33)58)29-48-52(49)56(40)38-19-5-10-24-46(38)61-48/h1-10,13-14,17-24,27-31H,11-12,15-16,25-26H2. The molecule has 0 saturated carbocycles. The van der Waals surface area contributed by atoms with Crippen molar-refractivity contribution in [1.29, 1.82) is 0 Å². The van der Waals surface area contributed by atoms with Gasteiger partial charge in [-0.2, -0.15) is 0 Å². The van der Waals surface area contributed by atoms with E-state index in [-0.39, 0.29) is 13.4 Å². The molecule has 8 heteroatoms. The van der Waals surface area contributed by atoms with Gasteiger partial charge in [-0.15, -0.1) is 0 Å². The van der Waals surface area contributed by atoms with Gasteiger partial charge in [0.1, 0.15) is 34.5 Å². The van der Waals surface area contributed by atoms with E-state index < -0.39 is 0 Å². The molecule has 0 saturated heterocycles. The summed E-state index contributed by atoms with van der Waals surface area (Å²) in [5, 5.41) is 2.34. The topological polar surface area (TPSA) is 39.1 Å². The average molecular weight is 798 g/mol. The fourth-order valence-corrected chi connectivity index (χ4v) is 12.0. The van der Waals surface area contributed by atoms with Gasteiger partial charge >= 0.3 is 0 Å². The Morgan fingerprint density at radius 2 is 0.984 bits per heavy atom. The van der Waals surface area contributed by atoms with Crippen molar-refractivity contribution in [3.63, 3.8) is 0 Å². The molecular weight excluding hydrogens is 760 g/mol. The molecular formula is C54H37B2N3O3. The van der Waals surface area contributed by atoms with Crippen LogP contribution in [0, 0.1) is 0 Å². The highest BCUT2D eigenvalue weighted by Gasteiger charge is 2.47. The van der Waals surface area contributed by atoms with E-state index in [9.17, 15) is 0 Å². The molecule has 6 aliphatic rings. The van der Waals surface area contributed by atoms with Crippen LogP contribution in [0.4, 0.5) is 22.7 Å². The van der Waals surface area contributed by atoms with Crippen molar-refractivity contribution in [2.45, 2.75) is 25.7 Å². The maximum absolute atomic E-state index is 7.49. The summed E-state index contributed by atoms with van der Waals surface area (Å²) in [5.41, 5.74) is 18.2. The minimum atomic E-state index is -0.0864. The number of hydrogen-bond acceptors (Lipinski definition) is 5. The van der Waals surface area contributed by atoms with Crippen LogP contribution in [0.3, 0.4) is 0 Å². The third-order valence-corrected chi connectivity index (χ3v) is 14.5. The molecule has 6 aliphatic heterocycles. The highest BCUT2D eigenvalue weighted by molar-refractivity contribution is 7.02. The Balaban J connectivity index is 1.03. The second kappa shape index (κ2) is 12.2. The Kier molecular flexibility index (Phi) is 6.56. The lowest BCUT2D eigenvalue weighted by Gasteiger charge is -2.38. The van der Waals surface area contributed by atoms with Crippen LogP contribution in [0.5, 0.6) is 34.5 Å². The molecule has 0 radical (unpaired) electrons. The number of para-hydroxylation sites is 5. The minimum Gasteiger partial charge on any atom is -0.458 e. The number of aromatic nitrogens is 1. The predicted molar refractivity (Wildman–Crippen MR) is 253 cm³/mol. The van der Waals surface area contributed by atoms with E-state index in [1.807, 2.05) is 0 Å². The van der Waals surface area contributed by atoms with Crippen molar-refractivity contribution >= 4 is 90.8 Å². The van der Waals surface area contributed by atoms with E-state index in [0.717, 1.165) is 106 Å². The lowest BCUT2D eigenvalue weighted by molar-refractivity contribution is 0.467. The summed E-state index contributed by atoms with van der Waals surface area (Å²) in [5.74, 6) is 5.38. The second-order valence-corrected chi connectivity index (χ2v) is 17.7. The lowest BCUT2D eigenvalue weighted by atomic mass is 9.31. The number of hydrogen-bond donors (Lipinski definition) is 0. The Bertz CT molecular complexity index is 3470. The van der Waals surface area contributed by atoms with Crippen LogP contribution in [-0.2, 0) is 12.8 Å². The summed E-state index contributed by atoms with van der Waals surface area (Å²) in [4.78, 5) is 4.95. The van der Waals surface area contributed by atoms with Gasteiger partial charge in [-0.3, -0.25) is 0 Å². The van der Waals surface area contributed by atoms with Crippen LogP contribution in [0.1, 0.15) is 24.0 Å². The largest absolute Gasteiger partial charge is 0.458 e. The first-order chi connectivity index (χ1) is 30.7. The van der Waals surface area contributed by atoms with Crippen LogP contribution in [0.2, 0.25) is 0 Å². The second-order valence-electron chi connectivity index (χ2n) is 17.7. The van der Waals surface area contributed by atoms with E-state index in [2.05, 4.69) is 166 Å². The molecule has 0 amide bonds. The fourth-order valence-electron chi connectivity index (χ4n) is 12.0. The zero-order valence-electron chi connectivity index (χ0n) is 33.9. The van der Waals surface area contributed by atoms with Crippen LogP contribution in [0.25, 0.3) is 27.5 Å². The molecule has 0 N–H and O–H groups in total. The maximum atomic E-state index is 7.49. The molecule has 8 aromatic carbocycles. The molecule has 292 valence electrons. The molecule has 0 spiro atoms. The molecule has 0 unspecified atom stereocenters. The summed E-state index contributed by atoms with van der Waals surface area (Å²) in [6, 6.07) is 55.6. The molecule has 0 atom stereocenters. The molecule has 9 aromatic rings. The molecule has 15 rings (SSSR count). The summed E-state index contributed by atoms with van der Waals surface area (Å²) < 4.78 is 23.9. The van der Waals surface area contributed by atoms with E-state index in [1.165, 1.54) is 60.9 Å². The van der Waals surface area contributed by atoms with Gasteiger partial charge in [0.15, 0.2) is 0 Å². The number of benzene rings is 8. The quantitative estimate of drug-likeness (QED) is 0.164. The molecule has 1 aromatic heterocycles. The summed E-state index contributed by atoms with van der Waals surface area (Å²) in [7, 11) is 0. The van der Waals surface area contributed by atoms with Gasteiger partial charge in [-0.25, -0.2) is 0 Å². The molecule has 0 bridgehead atoms. The van der Waals surface area contributed by atoms with Gasteiger partial charge in [-0.1, -0.05) is 97.1 Å². The SMILES string of the molecule is c1ccc2c(c1)CCCN2c1cc2c3c(c1)Oc1c(cc4c5c1c1ccccc1n5-c1cc(N5CCCc6ccccc65)cc5c1B4c1ccccc1O5)B3c1ccccc1O2. The zero-order chi connectivity index (χ0) is 40.2. The summed E-state index contributed by atoms with van der Waals surface area (Å²) >= 11 is 0. The van der Waals surface area contributed by atoms with Crippen molar-refractivity contribution in [3.8, 4) is 40.2 Å². The van der Waals surface area contributed by atoms with E-state index >= 15 is 0 Å². The van der Waals surface area contributed by atoms with Gasteiger partial charge in [0.25, 0.3) is 13.4 Å². The van der Waals surface area contributed by atoms with Gasteiger partial charge in [-0.05, 0) is 101 Å². The number of ether oxygens (including phenoxy) is 3. The van der Waals surface area contributed by atoms with E-state index in [4.69, 9.17) is 14.2 Å². The van der Waals surface area contributed by atoms with Gasteiger partial charge in [0.2, 0.25) is 0 Å². The smallest absolute Gasteiger partial charge is 0.260 e. The monoisotopic (exact) mass is 797 g/mol. The van der Waals surface area contributed by atoms with E-state index in [1.54, 1.807) is 0 Å². The first kappa shape index (κ1) is 33.4. The van der Waals surface area contributed by atoms with Crippen molar-refractivity contribution in [2.75, 3.05) is 22.9 Å². The van der Waals surface area contributed by atoms with Crippen molar-refractivity contribution in [3.05, 3.63) is 163 Å². The Labute approximate surface area is 359 Å². The van der Waals surface area contributed by atoms with Crippen molar-refractivity contribution < 1.29 is 14.2 Å². The molecule has 6 nitrogen and oxygen atoms in total. The summed E-state index contributed by atoms with van der Waals surface area (Å²) in [6.45, 7) is 1.76. The first-order valence-corrected chi connectivity index (χ1v) is 22.1. The molecule has 62 heavy (non-hydrogen) atoms. The van der Waals surface area contributed by atoms with Crippen LogP contribution >= 0.6 is 0 Å². The Morgan fingerprint density at radius 3 is 1.68 bits per heavy atom. The van der Waals surface area contributed by atoms with Crippen molar-refractivity contribution in [2.24, 2.45) is 0 Å². The van der Waals surface area contributed by atoms with Gasteiger partial charge in [0, 0.05) is 76.0 Å².